The molecule has 0 aliphatic carbocycles. The first-order valence-corrected chi connectivity index (χ1v) is 7.41. The van der Waals surface area contributed by atoms with E-state index in [1.54, 1.807) is 36.2 Å². The second kappa shape index (κ2) is 5.19. The van der Waals surface area contributed by atoms with Gasteiger partial charge in [0.15, 0.2) is 0 Å². The molecule has 0 saturated heterocycles. The minimum atomic E-state index is -0.328. The van der Waals surface area contributed by atoms with Gasteiger partial charge >= 0.3 is 5.69 Å². The lowest BCUT2D eigenvalue weighted by molar-refractivity contribution is 0.389. The molecule has 2 aromatic heterocycles. The molecule has 1 aliphatic heterocycles. The van der Waals surface area contributed by atoms with E-state index in [1.807, 2.05) is 0 Å². The van der Waals surface area contributed by atoms with E-state index in [-0.39, 0.29) is 11.6 Å². The second-order valence-electron chi connectivity index (χ2n) is 5.52. The molecule has 8 heteroatoms. The first-order chi connectivity index (χ1) is 11.6. The summed E-state index contributed by atoms with van der Waals surface area (Å²) in [4.78, 5) is 20.1. The second-order valence-corrected chi connectivity index (χ2v) is 5.52. The Balaban J connectivity index is 1.90. The molecule has 0 amide bonds. The number of aromatic hydroxyl groups is 1. The average Bonchev–Trinajstić information content (AvgIpc) is 3.16. The van der Waals surface area contributed by atoms with Crippen LogP contribution >= 0.6 is 0 Å². The summed E-state index contributed by atoms with van der Waals surface area (Å²) in [5.41, 5.74) is 2.38. The summed E-state index contributed by atoms with van der Waals surface area (Å²) in [6, 6.07) is 5.06. The summed E-state index contributed by atoms with van der Waals surface area (Å²) in [5, 5.41) is 10.6. The molecule has 0 atom stereocenters. The molecule has 1 aliphatic rings. The molecule has 1 aromatic carbocycles. The Morgan fingerprint density at radius 3 is 2.88 bits per heavy atom. The maximum absolute atomic E-state index is 12.8. The van der Waals surface area contributed by atoms with Crippen LogP contribution in [-0.4, -0.2) is 38.4 Å². The van der Waals surface area contributed by atoms with Gasteiger partial charge in [-0.25, -0.2) is 14.3 Å². The molecule has 2 N–H and O–H groups in total. The van der Waals surface area contributed by atoms with Gasteiger partial charge in [-0.2, -0.15) is 0 Å². The van der Waals surface area contributed by atoms with E-state index in [0.717, 1.165) is 11.4 Å². The summed E-state index contributed by atoms with van der Waals surface area (Å²) in [6.07, 6.45) is 1.99. The van der Waals surface area contributed by atoms with Crippen LogP contribution in [0.2, 0.25) is 0 Å². The van der Waals surface area contributed by atoms with Crippen molar-refractivity contribution >= 4 is 0 Å². The van der Waals surface area contributed by atoms with E-state index in [2.05, 4.69) is 9.97 Å². The third-order valence-corrected chi connectivity index (χ3v) is 4.30. The van der Waals surface area contributed by atoms with E-state index in [0.29, 0.717) is 35.8 Å². The smallest absolute Gasteiger partial charge is 0.336 e. The van der Waals surface area contributed by atoms with Crippen LogP contribution in [0.5, 0.6) is 17.4 Å². The van der Waals surface area contributed by atoms with Crippen LogP contribution in [0.15, 0.2) is 29.3 Å². The van der Waals surface area contributed by atoms with Gasteiger partial charge < -0.3 is 19.6 Å². The number of hydrogen-bond acceptors (Lipinski definition) is 5. The molecule has 4 rings (SSSR count). The Kier molecular flexibility index (Phi) is 3.12. The molecule has 24 heavy (non-hydrogen) atoms. The third-order valence-electron chi connectivity index (χ3n) is 4.30. The largest absolute Gasteiger partial charge is 0.497 e. The summed E-state index contributed by atoms with van der Waals surface area (Å²) in [7, 11) is 3.06. The van der Waals surface area contributed by atoms with E-state index >= 15 is 0 Å². The number of imidazole rings is 2. The molecule has 3 heterocycles. The average molecular weight is 328 g/mol. The van der Waals surface area contributed by atoms with Crippen LogP contribution in [-0.2, 0) is 13.0 Å². The topological polar surface area (TPSA) is 94.3 Å². The lowest BCUT2D eigenvalue weighted by Gasteiger charge is -2.12. The number of methoxy groups -OCH3 is 2. The van der Waals surface area contributed by atoms with E-state index in [4.69, 9.17) is 9.47 Å². The van der Waals surface area contributed by atoms with Crippen molar-refractivity contribution in [2.24, 2.45) is 0 Å². The van der Waals surface area contributed by atoms with Crippen molar-refractivity contribution in [2.45, 2.75) is 13.0 Å². The van der Waals surface area contributed by atoms with Gasteiger partial charge in [-0.3, -0.25) is 4.57 Å². The number of hydrogen-bond donors (Lipinski definition) is 2. The standard InChI is InChI=1S/C16H16N4O4/c1-23-9-3-4-12(14(5-9)24-2)20-15(21)13-6-10-11(18-8-17-10)7-19(13)16(20)22/h3-5,8,21H,6-7H2,1-2H3,(H,17,18). The van der Waals surface area contributed by atoms with Gasteiger partial charge in [-0.05, 0) is 12.1 Å². The lowest BCUT2D eigenvalue weighted by atomic mass is 10.1. The van der Waals surface area contributed by atoms with Crippen LogP contribution in [0.3, 0.4) is 0 Å². The molecule has 3 aromatic rings. The molecule has 8 nitrogen and oxygen atoms in total. The summed E-state index contributed by atoms with van der Waals surface area (Å²) in [6.45, 7) is 0.350. The third kappa shape index (κ3) is 1.92. The number of nitrogens with zero attached hydrogens (tertiary/aromatic N) is 3. The van der Waals surface area contributed by atoms with Crippen molar-refractivity contribution in [1.82, 2.24) is 19.1 Å². The van der Waals surface area contributed by atoms with Crippen LogP contribution in [0, 0.1) is 0 Å². The zero-order valence-electron chi connectivity index (χ0n) is 13.2. The predicted molar refractivity (Wildman–Crippen MR) is 85.3 cm³/mol. The molecule has 0 unspecified atom stereocenters. The fraction of sp³-hybridized carbons (Fsp3) is 0.250. The van der Waals surface area contributed by atoms with Gasteiger partial charge in [0.2, 0.25) is 5.88 Å². The SMILES string of the molecule is COc1ccc(-n2c(O)c3n(c2=O)Cc2[nH]cnc2C3)c(OC)c1. The van der Waals surface area contributed by atoms with Crippen molar-refractivity contribution in [3.63, 3.8) is 0 Å². The lowest BCUT2D eigenvalue weighted by Crippen LogP contribution is -2.27. The molecule has 0 bridgehead atoms. The molecule has 124 valence electrons. The Hall–Kier alpha value is -3.16. The van der Waals surface area contributed by atoms with Crippen molar-refractivity contribution < 1.29 is 14.6 Å². The maximum atomic E-state index is 12.8. The van der Waals surface area contributed by atoms with E-state index < -0.39 is 0 Å². The minimum Gasteiger partial charge on any atom is -0.497 e. The number of ether oxygens (including phenoxy) is 2. The molecule has 0 spiro atoms. The minimum absolute atomic E-state index is 0.0999. The molecular formula is C16H16N4O4. The highest BCUT2D eigenvalue weighted by molar-refractivity contribution is 5.53. The molecule has 0 fully saturated rings. The van der Waals surface area contributed by atoms with Crippen LogP contribution in [0.1, 0.15) is 17.1 Å². The van der Waals surface area contributed by atoms with Crippen LogP contribution < -0.4 is 15.2 Å². The van der Waals surface area contributed by atoms with Crippen LogP contribution in [0.4, 0.5) is 0 Å². The van der Waals surface area contributed by atoms with Gasteiger partial charge in [0.25, 0.3) is 0 Å². The summed E-state index contributed by atoms with van der Waals surface area (Å²) in [5.74, 6) is 0.940. The zero-order valence-corrected chi connectivity index (χ0v) is 13.2. The fourth-order valence-corrected chi connectivity index (χ4v) is 3.06. The first kappa shape index (κ1) is 14.4. The Labute approximate surface area is 136 Å². The van der Waals surface area contributed by atoms with Gasteiger partial charge in [0, 0.05) is 12.5 Å². The van der Waals surface area contributed by atoms with Crippen molar-refractivity contribution in [1.29, 1.82) is 0 Å². The van der Waals surface area contributed by atoms with Gasteiger partial charge in [0.1, 0.15) is 11.5 Å². The number of aromatic nitrogens is 4. The summed E-state index contributed by atoms with van der Waals surface area (Å²) < 4.78 is 13.3. The first-order valence-electron chi connectivity index (χ1n) is 7.41. The summed E-state index contributed by atoms with van der Waals surface area (Å²) >= 11 is 0. The zero-order chi connectivity index (χ0) is 16.8. The highest BCUT2D eigenvalue weighted by Crippen LogP contribution is 2.33. The number of rotatable bonds is 3. The van der Waals surface area contributed by atoms with E-state index in [1.165, 1.54) is 11.7 Å². The quantitative estimate of drug-likeness (QED) is 0.586. The number of benzene rings is 1. The normalized spacial score (nSPS) is 12.6. The van der Waals surface area contributed by atoms with Gasteiger partial charge in [-0.1, -0.05) is 0 Å². The fourth-order valence-electron chi connectivity index (χ4n) is 3.06. The Morgan fingerprint density at radius 2 is 2.12 bits per heavy atom. The molecule has 0 saturated carbocycles. The van der Waals surface area contributed by atoms with Crippen molar-refractivity contribution in [2.75, 3.05) is 14.2 Å². The predicted octanol–water partition coefficient (Wildman–Crippen LogP) is 1.04. The highest BCUT2D eigenvalue weighted by atomic mass is 16.5. The van der Waals surface area contributed by atoms with Gasteiger partial charge in [-0.15, -0.1) is 0 Å². The number of nitrogens with one attached hydrogen (secondary N) is 1. The maximum Gasteiger partial charge on any atom is 0.336 e. The van der Waals surface area contributed by atoms with Crippen molar-refractivity contribution in [3.05, 3.63) is 52.1 Å². The molecule has 0 radical (unpaired) electrons. The van der Waals surface area contributed by atoms with Crippen LogP contribution in [0.25, 0.3) is 5.69 Å². The highest BCUT2D eigenvalue weighted by Gasteiger charge is 2.28. The monoisotopic (exact) mass is 328 g/mol. The number of aromatic amines is 1. The Bertz CT molecular complexity index is 983. The van der Waals surface area contributed by atoms with E-state index in [9.17, 15) is 9.90 Å². The van der Waals surface area contributed by atoms with Gasteiger partial charge in [0.05, 0.1) is 49.9 Å². The number of H-pyrrole nitrogens is 1. The molecular weight excluding hydrogens is 312 g/mol. The van der Waals surface area contributed by atoms with Crippen molar-refractivity contribution in [3.8, 4) is 23.1 Å². The Morgan fingerprint density at radius 1 is 1.29 bits per heavy atom. The number of fused-ring (bicyclic) bond motifs is 2.